The summed E-state index contributed by atoms with van der Waals surface area (Å²) in [5.74, 6) is 0.230. The Kier molecular flexibility index (Phi) is 8.19. The maximum absolute atomic E-state index is 13.0. The van der Waals surface area contributed by atoms with Gasteiger partial charge in [-0.05, 0) is 63.3 Å². The van der Waals surface area contributed by atoms with E-state index < -0.39 is 6.09 Å². The summed E-state index contributed by atoms with van der Waals surface area (Å²) in [6.45, 7) is 5.93. The molecular formula is C28H34N4O3. The summed E-state index contributed by atoms with van der Waals surface area (Å²) in [7, 11) is 0. The molecule has 1 aromatic heterocycles. The third-order valence-electron chi connectivity index (χ3n) is 6.59. The van der Waals surface area contributed by atoms with Gasteiger partial charge in [0.1, 0.15) is 0 Å². The number of benzene rings is 2. The van der Waals surface area contributed by atoms with Crippen molar-refractivity contribution in [3.63, 3.8) is 0 Å². The Hall–Kier alpha value is -3.61. The Morgan fingerprint density at radius 1 is 1.14 bits per heavy atom. The molecule has 7 nitrogen and oxygen atoms in total. The highest BCUT2D eigenvalue weighted by atomic mass is 16.5. The summed E-state index contributed by atoms with van der Waals surface area (Å²) >= 11 is 0. The van der Waals surface area contributed by atoms with Crippen molar-refractivity contribution < 1.29 is 14.3 Å². The van der Waals surface area contributed by atoms with Crippen LogP contribution < -0.4 is 5.32 Å². The molecule has 184 valence electrons. The van der Waals surface area contributed by atoms with Crippen LogP contribution in [0, 0.1) is 0 Å². The molecule has 7 heteroatoms. The first-order valence-corrected chi connectivity index (χ1v) is 12.5. The minimum atomic E-state index is -0.514. The summed E-state index contributed by atoms with van der Waals surface area (Å²) in [5, 5.41) is 3.67. The molecule has 1 N–H and O–H groups in total. The molecule has 1 aliphatic heterocycles. The number of rotatable bonds is 9. The number of hydrogen-bond donors (Lipinski definition) is 1. The van der Waals surface area contributed by atoms with Gasteiger partial charge in [0, 0.05) is 30.2 Å². The molecule has 1 fully saturated rings. The predicted octanol–water partition coefficient (Wildman–Crippen LogP) is 5.23. The minimum absolute atomic E-state index is 0.230. The molecule has 1 aliphatic rings. The lowest BCUT2D eigenvalue weighted by Crippen LogP contribution is -2.36. The van der Waals surface area contributed by atoms with E-state index in [0.717, 1.165) is 55.5 Å². The van der Waals surface area contributed by atoms with Crippen molar-refractivity contribution in [2.24, 2.45) is 4.99 Å². The highest BCUT2D eigenvalue weighted by Gasteiger charge is 2.28. The lowest BCUT2D eigenvalue weighted by molar-refractivity contribution is -0.131. The molecule has 1 atom stereocenters. The van der Waals surface area contributed by atoms with Gasteiger partial charge in [-0.15, -0.1) is 0 Å². The number of carbonyl (C=O) groups is 2. The molecule has 0 spiro atoms. The van der Waals surface area contributed by atoms with Crippen LogP contribution in [0.2, 0.25) is 0 Å². The summed E-state index contributed by atoms with van der Waals surface area (Å²) in [6.07, 6.45) is 5.35. The molecule has 0 unspecified atom stereocenters. The Balaban J connectivity index is 1.42. The SMILES string of the molecule is CCOC(=O)NC=Nc1ccc2cc(CC[C@@H]3CCCN3C(=O)Cc3ccccc3)n(CC)c2c1. The van der Waals surface area contributed by atoms with E-state index in [1.54, 1.807) is 6.92 Å². The van der Waals surface area contributed by atoms with Crippen molar-refractivity contribution in [3.8, 4) is 0 Å². The van der Waals surface area contributed by atoms with E-state index in [4.69, 9.17) is 4.74 Å². The van der Waals surface area contributed by atoms with Gasteiger partial charge in [-0.25, -0.2) is 9.79 Å². The second-order valence-electron chi connectivity index (χ2n) is 8.83. The number of hydrogen-bond acceptors (Lipinski definition) is 4. The molecule has 3 aromatic rings. The molecular weight excluding hydrogens is 440 g/mol. The number of aliphatic imine (C=N–C) groups is 1. The van der Waals surface area contributed by atoms with Crippen LogP contribution in [0.25, 0.3) is 10.9 Å². The minimum Gasteiger partial charge on any atom is -0.450 e. The Morgan fingerprint density at radius 3 is 2.74 bits per heavy atom. The smallest absolute Gasteiger partial charge is 0.412 e. The van der Waals surface area contributed by atoms with Gasteiger partial charge in [-0.2, -0.15) is 0 Å². The molecule has 35 heavy (non-hydrogen) atoms. The number of carbonyl (C=O) groups excluding carboxylic acids is 2. The van der Waals surface area contributed by atoms with Crippen molar-refractivity contribution in [1.29, 1.82) is 0 Å². The van der Waals surface area contributed by atoms with Crippen LogP contribution in [0.1, 0.15) is 44.4 Å². The van der Waals surface area contributed by atoms with Gasteiger partial charge < -0.3 is 14.2 Å². The highest BCUT2D eigenvalue weighted by molar-refractivity contribution is 5.86. The van der Waals surface area contributed by atoms with Gasteiger partial charge in [-0.1, -0.05) is 36.4 Å². The molecule has 0 saturated carbocycles. The van der Waals surface area contributed by atoms with Crippen LogP contribution in [0.4, 0.5) is 10.5 Å². The number of nitrogens with one attached hydrogen (secondary N) is 1. The van der Waals surface area contributed by atoms with Crippen LogP contribution in [-0.4, -0.2) is 47.0 Å². The average Bonchev–Trinajstić information content (AvgIpc) is 3.47. The number of ether oxygens (including phenoxy) is 1. The van der Waals surface area contributed by atoms with E-state index >= 15 is 0 Å². The number of fused-ring (bicyclic) bond motifs is 1. The van der Waals surface area contributed by atoms with Gasteiger partial charge in [0.2, 0.25) is 5.91 Å². The van der Waals surface area contributed by atoms with E-state index in [-0.39, 0.29) is 5.91 Å². The quantitative estimate of drug-likeness (QED) is 0.341. The van der Waals surface area contributed by atoms with Crippen LogP contribution in [0.5, 0.6) is 0 Å². The first-order chi connectivity index (χ1) is 17.1. The molecule has 4 rings (SSSR count). The number of amides is 2. The molecule has 0 radical (unpaired) electrons. The number of aromatic nitrogens is 1. The first-order valence-electron chi connectivity index (χ1n) is 12.5. The maximum atomic E-state index is 13.0. The number of aryl methyl sites for hydroxylation is 2. The van der Waals surface area contributed by atoms with Crippen molar-refractivity contribution in [3.05, 3.63) is 65.9 Å². The second-order valence-corrected chi connectivity index (χ2v) is 8.83. The first kappa shape index (κ1) is 24.5. The monoisotopic (exact) mass is 474 g/mol. The molecule has 2 aromatic carbocycles. The zero-order chi connectivity index (χ0) is 24.6. The summed E-state index contributed by atoms with van der Waals surface area (Å²) < 4.78 is 7.16. The molecule has 2 heterocycles. The summed E-state index contributed by atoms with van der Waals surface area (Å²) in [5.41, 5.74) is 4.24. The van der Waals surface area contributed by atoms with Crippen molar-refractivity contribution in [2.75, 3.05) is 13.2 Å². The lowest BCUT2D eigenvalue weighted by Gasteiger charge is -2.25. The zero-order valence-electron chi connectivity index (χ0n) is 20.6. The summed E-state index contributed by atoms with van der Waals surface area (Å²) in [6, 6.07) is 18.6. The molecule has 0 bridgehead atoms. The number of likely N-dealkylation sites (tertiary alicyclic amines) is 1. The predicted molar refractivity (Wildman–Crippen MR) is 139 cm³/mol. The van der Waals surface area contributed by atoms with Crippen molar-refractivity contribution in [1.82, 2.24) is 14.8 Å². The van der Waals surface area contributed by atoms with E-state index in [0.29, 0.717) is 19.1 Å². The molecule has 1 saturated heterocycles. The third kappa shape index (κ3) is 6.10. The Bertz CT molecular complexity index is 1190. The molecule has 2 amide bonds. The fourth-order valence-corrected chi connectivity index (χ4v) is 4.94. The van der Waals surface area contributed by atoms with Gasteiger partial charge in [0.25, 0.3) is 0 Å². The standard InChI is InChI=1S/C28H34N4O3/c1-3-31-25(18-22-12-13-23(19-26(22)31)29-20-30-28(34)35-4-2)15-14-24-11-8-16-32(24)27(33)17-21-9-6-5-7-10-21/h5-7,9-10,12-13,18-20,24H,3-4,8,11,14-17H2,1-2H3,(H,29,30,34)/t24-/m0/s1. The Labute approximate surface area is 206 Å². The second kappa shape index (κ2) is 11.7. The largest absolute Gasteiger partial charge is 0.450 e. The topological polar surface area (TPSA) is 75.9 Å². The van der Waals surface area contributed by atoms with E-state index in [1.165, 1.54) is 17.4 Å². The number of alkyl carbamates (subject to hydrolysis) is 1. The highest BCUT2D eigenvalue weighted by Crippen LogP contribution is 2.28. The molecule has 0 aliphatic carbocycles. The lowest BCUT2D eigenvalue weighted by atomic mass is 10.1. The number of nitrogens with zero attached hydrogens (tertiary/aromatic N) is 3. The fraction of sp³-hybridized carbons (Fsp3) is 0.393. The summed E-state index contributed by atoms with van der Waals surface area (Å²) in [4.78, 5) is 30.8. The van der Waals surface area contributed by atoms with E-state index in [9.17, 15) is 9.59 Å². The Morgan fingerprint density at radius 2 is 1.97 bits per heavy atom. The maximum Gasteiger partial charge on any atom is 0.412 e. The normalized spacial score (nSPS) is 15.7. The van der Waals surface area contributed by atoms with Crippen LogP contribution in [0.3, 0.4) is 0 Å². The third-order valence-corrected chi connectivity index (χ3v) is 6.59. The van der Waals surface area contributed by atoms with Gasteiger partial charge in [0.05, 0.1) is 30.6 Å². The van der Waals surface area contributed by atoms with E-state index in [2.05, 4.69) is 38.8 Å². The fourth-order valence-electron chi connectivity index (χ4n) is 4.94. The van der Waals surface area contributed by atoms with Crippen LogP contribution >= 0.6 is 0 Å². The van der Waals surface area contributed by atoms with Crippen molar-refractivity contribution in [2.45, 2.75) is 58.5 Å². The zero-order valence-corrected chi connectivity index (χ0v) is 20.6. The van der Waals surface area contributed by atoms with Crippen LogP contribution in [0.15, 0.2) is 59.6 Å². The van der Waals surface area contributed by atoms with E-state index in [1.807, 2.05) is 42.5 Å². The van der Waals surface area contributed by atoms with Gasteiger partial charge in [-0.3, -0.25) is 10.1 Å². The van der Waals surface area contributed by atoms with Crippen molar-refractivity contribution >= 4 is 34.9 Å². The van der Waals surface area contributed by atoms with Gasteiger partial charge in [0.15, 0.2) is 0 Å². The van der Waals surface area contributed by atoms with Gasteiger partial charge >= 0.3 is 6.09 Å². The van der Waals surface area contributed by atoms with Crippen LogP contribution in [-0.2, 0) is 28.9 Å². The average molecular weight is 475 g/mol.